The average Bonchev–Trinajstić information content (AvgIpc) is 3.15. The molecule has 0 fully saturated rings. The molecule has 0 saturated heterocycles. The Morgan fingerprint density at radius 2 is 2.00 bits per heavy atom. The Morgan fingerprint density at radius 1 is 1.13 bits per heavy atom. The van der Waals surface area contributed by atoms with Crippen molar-refractivity contribution in [2.45, 2.75) is 52.6 Å². The molecule has 0 bridgehead atoms. The van der Waals surface area contributed by atoms with Gasteiger partial charge in [0, 0.05) is 43.9 Å². The van der Waals surface area contributed by atoms with Crippen LogP contribution in [0.3, 0.4) is 0 Å². The number of hydrogen-bond donors (Lipinski definition) is 1. The number of benzene rings is 1. The number of aryl methyl sites for hydroxylation is 1. The Kier molecular flexibility index (Phi) is 5.28. The molecule has 31 heavy (non-hydrogen) atoms. The maximum Gasteiger partial charge on any atom is 0.255 e. The van der Waals surface area contributed by atoms with Crippen molar-refractivity contribution in [3.8, 4) is 5.69 Å². The van der Waals surface area contributed by atoms with Crippen LogP contribution < -0.4 is 5.56 Å². The lowest BCUT2D eigenvalue weighted by atomic mass is 10.0. The Morgan fingerprint density at radius 3 is 2.81 bits per heavy atom. The third kappa shape index (κ3) is 3.85. The molecule has 4 heterocycles. The van der Waals surface area contributed by atoms with Crippen LogP contribution in [0.2, 0.25) is 0 Å². The van der Waals surface area contributed by atoms with E-state index in [9.17, 15) is 4.79 Å². The van der Waals surface area contributed by atoms with Crippen LogP contribution in [0, 0.1) is 13.8 Å². The van der Waals surface area contributed by atoms with Gasteiger partial charge in [-0.25, -0.2) is 9.67 Å². The number of para-hydroxylation sites is 1. The molecule has 1 aromatic carbocycles. The van der Waals surface area contributed by atoms with Crippen molar-refractivity contribution in [2.24, 2.45) is 4.99 Å². The first-order valence-electron chi connectivity index (χ1n) is 11.1. The summed E-state index contributed by atoms with van der Waals surface area (Å²) in [5.74, 6) is 0.673. The quantitative estimate of drug-likeness (QED) is 0.709. The number of rotatable bonds is 4. The van der Waals surface area contributed by atoms with E-state index in [0.717, 1.165) is 73.7 Å². The van der Waals surface area contributed by atoms with E-state index < -0.39 is 0 Å². The topological polar surface area (TPSA) is 79.2 Å². The fourth-order valence-corrected chi connectivity index (χ4v) is 4.53. The highest BCUT2D eigenvalue weighted by molar-refractivity contribution is 5.97. The molecule has 7 nitrogen and oxygen atoms in total. The normalized spacial score (nSPS) is 16.8. The third-order valence-corrected chi connectivity index (χ3v) is 6.39. The van der Waals surface area contributed by atoms with Gasteiger partial charge in [0.15, 0.2) is 5.82 Å². The molecule has 2 aromatic heterocycles. The highest BCUT2D eigenvalue weighted by Crippen LogP contribution is 2.22. The van der Waals surface area contributed by atoms with E-state index >= 15 is 0 Å². The van der Waals surface area contributed by atoms with Crippen molar-refractivity contribution in [3.05, 3.63) is 74.7 Å². The van der Waals surface area contributed by atoms with Gasteiger partial charge in [-0.05, 0) is 44.7 Å². The highest BCUT2D eigenvalue weighted by Gasteiger charge is 2.24. The number of hydrogen-bond acceptors (Lipinski definition) is 5. The van der Waals surface area contributed by atoms with E-state index in [-0.39, 0.29) is 5.56 Å². The summed E-state index contributed by atoms with van der Waals surface area (Å²) < 4.78 is 2.01. The van der Waals surface area contributed by atoms with Gasteiger partial charge >= 0.3 is 0 Å². The molecule has 1 N–H and O–H groups in total. The molecule has 5 rings (SSSR count). The molecular weight excluding hydrogens is 388 g/mol. The Balaban J connectivity index is 1.36. The van der Waals surface area contributed by atoms with E-state index in [1.807, 2.05) is 23.0 Å². The van der Waals surface area contributed by atoms with Gasteiger partial charge in [0.05, 0.1) is 28.9 Å². The Bertz CT molecular complexity index is 1210. The summed E-state index contributed by atoms with van der Waals surface area (Å²) >= 11 is 0. The molecule has 2 aliphatic rings. The monoisotopic (exact) mass is 416 g/mol. The summed E-state index contributed by atoms with van der Waals surface area (Å²) in [7, 11) is 0. The summed E-state index contributed by atoms with van der Waals surface area (Å²) in [6, 6.07) is 8.28. The summed E-state index contributed by atoms with van der Waals surface area (Å²) in [6.45, 7) is 7.30. The van der Waals surface area contributed by atoms with Gasteiger partial charge in [0.1, 0.15) is 0 Å². The van der Waals surface area contributed by atoms with Gasteiger partial charge in [0.2, 0.25) is 0 Å². The van der Waals surface area contributed by atoms with E-state index in [2.05, 4.69) is 46.0 Å². The highest BCUT2D eigenvalue weighted by atomic mass is 16.1. The van der Waals surface area contributed by atoms with Crippen molar-refractivity contribution in [3.63, 3.8) is 0 Å². The summed E-state index contributed by atoms with van der Waals surface area (Å²) in [6.07, 6.45) is 5.86. The van der Waals surface area contributed by atoms with Crippen LogP contribution in [0.25, 0.3) is 5.69 Å². The molecule has 0 amide bonds. The number of nitrogens with one attached hydrogen (secondary N) is 1. The minimum atomic E-state index is -0.0229. The fourth-order valence-electron chi connectivity index (χ4n) is 4.53. The molecule has 0 atom stereocenters. The lowest BCUT2D eigenvalue weighted by Crippen LogP contribution is -2.36. The molecule has 2 aliphatic heterocycles. The largest absolute Gasteiger partial charge is 0.305 e. The van der Waals surface area contributed by atoms with Crippen molar-refractivity contribution in [1.82, 2.24) is 24.6 Å². The standard InChI is InChI=1S/C24H28N6O/c1-16-7-3-4-9-22(16)30-17(2)18(13-26-30)14-29-12-10-20-19(15-29)24(31)28-23(27-20)21-8-5-6-11-25-21/h3-4,7,9,13H,5-6,8,10-12,14-15H2,1-2H3,(H,27,28,31). The van der Waals surface area contributed by atoms with E-state index in [1.165, 1.54) is 11.1 Å². The van der Waals surface area contributed by atoms with Crippen molar-refractivity contribution in [2.75, 3.05) is 13.1 Å². The molecule has 0 radical (unpaired) electrons. The number of H-pyrrole nitrogens is 1. The van der Waals surface area contributed by atoms with Crippen LogP contribution in [-0.4, -0.2) is 43.4 Å². The molecule has 0 spiro atoms. The van der Waals surface area contributed by atoms with Gasteiger partial charge in [-0.15, -0.1) is 0 Å². The van der Waals surface area contributed by atoms with Crippen molar-refractivity contribution >= 4 is 5.71 Å². The van der Waals surface area contributed by atoms with Crippen LogP contribution in [0.15, 0.2) is 40.2 Å². The number of aromatic amines is 1. The van der Waals surface area contributed by atoms with Gasteiger partial charge in [-0.3, -0.25) is 14.7 Å². The van der Waals surface area contributed by atoms with Gasteiger partial charge < -0.3 is 4.98 Å². The molecule has 0 saturated carbocycles. The van der Waals surface area contributed by atoms with E-state index in [4.69, 9.17) is 4.98 Å². The molecule has 3 aromatic rings. The average molecular weight is 417 g/mol. The second kappa shape index (κ2) is 8.23. The maximum absolute atomic E-state index is 12.8. The number of nitrogens with zero attached hydrogens (tertiary/aromatic N) is 5. The van der Waals surface area contributed by atoms with Crippen LogP contribution in [0.5, 0.6) is 0 Å². The molecular formula is C24H28N6O. The predicted molar refractivity (Wildman–Crippen MR) is 121 cm³/mol. The first-order chi connectivity index (χ1) is 15.1. The van der Waals surface area contributed by atoms with Gasteiger partial charge in [-0.2, -0.15) is 5.10 Å². The third-order valence-electron chi connectivity index (χ3n) is 6.39. The zero-order valence-electron chi connectivity index (χ0n) is 18.2. The lowest BCUT2D eigenvalue weighted by Gasteiger charge is -2.27. The van der Waals surface area contributed by atoms with Crippen LogP contribution in [-0.2, 0) is 19.5 Å². The Hall–Kier alpha value is -3.06. The van der Waals surface area contributed by atoms with Crippen LogP contribution in [0.4, 0.5) is 0 Å². The summed E-state index contributed by atoms with van der Waals surface area (Å²) in [4.78, 5) is 27.5. The SMILES string of the molecule is Cc1ccccc1-n1ncc(CN2CCc3nc(C4=NCCCC4)[nH]c(=O)c3C2)c1C. The molecule has 160 valence electrons. The van der Waals surface area contributed by atoms with Crippen LogP contribution in [0.1, 0.15) is 53.2 Å². The number of fused-ring (bicyclic) bond motifs is 1. The molecule has 0 aliphatic carbocycles. The minimum Gasteiger partial charge on any atom is -0.305 e. The molecule has 0 unspecified atom stereocenters. The number of aliphatic imine (C=N–C) groups is 1. The fraction of sp³-hybridized carbons (Fsp3) is 0.417. The first kappa shape index (κ1) is 19.9. The zero-order valence-corrected chi connectivity index (χ0v) is 18.2. The lowest BCUT2D eigenvalue weighted by molar-refractivity contribution is 0.241. The smallest absolute Gasteiger partial charge is 0.255 e. The van der Waals surface area contributed by atoms with E-state index in [0.29, 0.717) is 12.4 Å². The van der Waals surface area contributed by atoms with Crippen LogP contribution >= 0.6 is 0 Å². The van der Waals surface area contributed by atoms with Crippen molar-refractivity contribution < 1.29 is 0 Å². The Labute approximate surface area is 181 Å². The van der Waals surface area contributed by atoms with E-state index in [1.54, 1.807) is 0 Å². The molecule has 7 heteroatoms. The van der Waals surface area contributed by atoms with Crippen molar-refractivity contribution in [1.29, 1.82) is 0 Å². The second-order valence-electron chi connectivity index (χ2n) is 8.54. The minimum absolute atomic E-state index is 0.0229. The zero-order chi connectivity index (χ0) is 21.4. The first-order valence-corrected chi connectivity index (χ1v) is 11.1. The maximum atomic E-state index is 12.8. The second-order valence-corrected chi connectivity index (χ2v) is 8.54. The van der Waals surface area contributed by atoms with Gasteiger partial charge in [0.25, 0.3) is 5.56 Å². The summed E-state index contributed by atoms with van der Waals surface area (Å²) in [5.41, 5.74) is 7.27. The number of aromatic nitrogens is 4. The predicted octanol–water partition coefficient (Wildman–Crippen LogP) is 3.10. The summed E-state index contributed by atoms with van der Waals surface area (Å²) in [5, 5.41) is 4.63. The van der Waals surface area contributed by atoms with Gasteiger partial charge in [-0.1, -0.05) is 18.2 Å².